The van der Waals surface area contributed by atoms with Crippen molar-refractivity contribution in [1.82, 2.24) is 4.98 Å². The SMILES string of the molecule is Cc1cc(C#N)cnc1N(C)C. The lowest BCUT2D eigenvalue weighted by Crippen LogP contribution is -2.12. The van der Waals surface area contributed by atoms with Gasteiger partial charge in [-0.1, -0.05) is 0 Å². The second kappa shape index (κ2) is 3.22. The van der Waals surface area contributed by atoms with Gasteiger partial charge in [-0.25, -0.2) is 4.98 Å². The van der Waals surface area contributed by atoms with E-state index in [1.165, 1.54) is 0 Å². The fraction of sp³-hybridized carbons (Fsp3) is 0.333. The van der Waals surface area contributed by atoms with Gasteiger partial charge in [0, 0.05) is 20.3 Å². The molecule has 1 rings (SSSR count). The van der Waals surface area contributed by atoms with Gasteiger partial charge in [0.2, 0.25) is 0 Å². The number of anilines is 1. The highest BCUT2D eigenvalue weighted by Crippen LogP contribution is 2.14. The van der Waals surface area contributed by atoms with Crippen molar-refractivity contribution < 1.29 is 0 Å². The van der Waals surface area contributed by atoms with Crippen molar-refractivity contribution in [3.63, 3.8) is 0 Å². The molecule has 0 spiro atoms. The Morgan fingerprint density at radius 2 is 2.17 bits per heavy atom. The first-order valence-electron chi connectivity index (χ1n) is 3.69. The summed E-state index contributed by atoms with van der Waals surface area (Å²) in [6, 6.07) is 3.89. The zero-order chi connectivity index (χ0) is 9.14. The van der Waals surface area contributed by atoms with E-state index in [1.54, 1.807) is 6.20 Å². The maximum atomic E-state index is 8.59. The lowest BCUT2D eigenvalue weighted by Gasteiger charge is -2.13. The first-order chi connectivity index (χ1) is 5.65. The van der Waals surface area contributed by atoms with Gasteiger partial charge in [0.05, 0.1) is 5.56 Å². The number of aryl methyl sites for hydroxylation is 1. The summed E-state index contributed by atoms with van der Waals surface area (Å²) in [4.78, 5) is 6.08. The van der Waals surface area contributed by atoms with E-state index >= 15 is 0 Å². The maximum Gasteiger partial charge on any atom is 0.130 e. The summed E-state index contributed by atoms with van der Waals surface area (Å²) in [5.41, 5.74) is 1.64. The Balaban J connectivity index is 3.14. The van der Waals surface area contributed by atoms with Crippen LogP contribution in [-0.2, 0) is 0 Å². The molecule has 62 valence electrons. The number of nitrogens with zero attached hydrogens (tertiary/aromatic N) is 3. The predicted octanol–water partition coefficient (Wildman–Crippen LogP) is 1.33. The van der Waals surface area contributed by atoms with Crippen LogP contribution in [0.15, 0.2) is 12.3 Å². The van der Waals surface area contributed by atoms with Crippen LogP contribution >= 0.6 is 0 Å². The van der Waals surface area contributed by atoms with Gasteiger partial charge < -0.3 is 4.90 Å². The molecule has 1 aromatic heterocycles. The van der Waals surface area contributed by atoms with Crippen LogP contribution in [0.3, 0.4) is 0 Å². The summed E-state index contributed by atoms with van der Waals surface area (Å²) < 4.78 is 0. The van der Waals surface area contributed by atoms with Crippen molar-refractivity contribution in [3.05, 3.63) is 23.4 Å². The van der Waals surface area contributed by atoms with Crippen molar-refractivity contribution in [1.29, 1.82) is 5.26 Å². The molecular formula is C9H11N3. The summed E-state index contributed by atoms with van der Waals surface area (Å²) in [6.07, 6.45) is 1.59. The highest BCUT2D eigenvalue weighted by atomic mass is 15.1. The van der Waals surface area contributed by atoms with Crippen molar-refractivity contribution in [2.75, 3.05) is 19.0 Å². The van der Waals surface area contributed by atoms with Crippen molar-refractivity contribution in [2.45, 2.75) is 6.92 Å². The Hall–Kier alpha value is -1.56. The fourth-order valence-corrected chi connectivity index (χ4v) is 1.10. The minimum atomic E-state index is 0.609. The van der Waals surface area contributed by atoms with Crippen LogP contribution in [0.2, 0.25) is 0 Å². The molecule has 0 saturated carbocycles. The molecule has 0 aliphatic heterocycles. The van der Waals surface area contributed by atoms with Gasteiger partial charge in [-0.3, -0.25) is 0 Å². The average molecular weight is 161 g/mol. The number of rotatable bonds is 1. The van der Waals surface area contributed by atoms with Gasteiger partial charge in [0.25, 0.3) is 0 Å². The molecule has 0 aromatic carbocycles. The topological polar surface area (TPSA) is 39.9 Å². The first kappa shape index (κ1) is 8.54. The molecule has 1 aromatic rings. The van der Waals surface area contributed by atoms with E-state index in [-0.39, 0.29) is 0 Å². The molecular weight excluding hydrogens is 150 g/mol. The van der Waals surface area contributed by atoms with Crippen LogP contribution in [0.5, 0.6) is 0 Å². The summed E-state index contributed by atoms with van der Waals surface area (Å²) >= 11 is 0. The highest BCUT2D eigenvalue weighted by molar-refractivity contribution is 5.47. The van der Waals surface area contributed by atoms with Crippen LogP contribution < -0.4 is 4.90 Å². The van der Waals surface area contributed by atoms with Crippen LogP contribution in [-0.4, -0.2) is 19.1 Å². The molecule has 12 heavy (non-hydrogen) atoms. The van der Waals surface area contributed by atoms with Crippen LogP contribution in [0.25, 0.3) is 0 Å². The third-order valence-electron chi connectivity index (χ3n) is 1.60. The zero-order valence-corrected chi connectivity index (χ0v) is 7.50. The van der Waals surface area contributed by atoms with Crippen LogP contribution in [0, 0.1) is 18.3 Å². The van der Waals surface area contributed by atoms with E-state index < -0.39 is 0 Å². The van der Waals surface area contributed by atoms with Crippen LogP contribution in [0.1, 0.15) is 11.1 Å². The fourth-order valence-electron chi connectivity index (χ4n) is 1.10. The number of hydrogen-bond donors (Lipinski definition) is 0. The van der Waals surface area contributed by atoms with Gasteiger partial charge >= 0.3 is 0 Å². The summed E-state index contributed by atoms with van der Waals surface area (Å²) in [5.74, 6) is 0.911. The van der Waals surface area contributed by atoms with Gasteiger partial charge in [-0.2, -0.15) is 5.26 Å². The van der Waals surface area contributed by atoms with Gasteiger partial charge in [-0.05, 0) is 18.6 Å². The minimum Gasteiger partial charge on any atom is -0.363 e. The Kier molecular flexibility index (Phi) is 2.29. The normalized spacial score (nSPS) is 9.17. The van der Waals surface area contributed by atoms with Crippen molar-refractivity contribution >= 4 is 5.82 Å². The van der Waals surface area contributed by atoms with Gasteiger partial charge in [0.15, 0.2) is 0 Å². The van der Waals surface area contributed by atoms with E-state index in [9.17, 15) is 0 Å². The molecule has 0 N–H and O–H groups in total. The molecule has 3 nitrogen and oxygen atoms in total. The number of pyridine rings is 1. The highest BCUT2D eigenvalue weighted by Gasteiger charge is 2.02. The van der Waals surface area contributed by atoms with E-state index in [0.717, 1.165) is 11.4 Å². The van der Waals surface area contributed by atoms with Crippen molar-refractivity contribution in [2.24, 2.45) is 0 Å². The predicted molar refractivity (Wildman–Crippen MR) is 48.0 cm³/mol. The third kappa shape index (κ3) is 1.54. The number of hydrogen-bond acceptors (Lipinski definition) is 3. The number of aromatic nitrogens is 1. The average Bonchev–Trinajstić information content (AvgIpc) is 2.03. The zero-order valence-electron chi connectivity index (χ0n) is 7.50. The van der Waals surface area contributed by atoms with E-state index in [1.807, 2.05) is 32.0 Å². The second-order valence-corrected chi connectivity index (χ2v) is 2.87. The summed E-state index contributed by atoms with van der Waals surface area (Å²) in [6.45, 7) is 1.95. The third-order valence-corrected chi connectivity index (χ3v) is 1.60. The van der Waals surface area contributed by atoms with Crippen LogP contribution in [0.4, 0.5) is 5.82 Å². The van der Waals surface area contributed by atoms with E-state index in [2.05, 4.69) is 11.1 Å². The molecule has 0 fully saturated rings. The Morgan fingerprint density at radius 3 is 2.58 bits per heavy atom. The molecule has 0 bridgehead atoms. The smallest absolute Gasteiger partial charge is 0.130 e. The lowest BCUT2D eigenvalue weighted by atomic mass is 10.2. The monoisotopic (exact) mass is 161 g/mol. The molecule has 3 heteroatoms. The van der Waals surface area contributed by atoms with Gasteiger partial charge in [-0.15, -0.1) is 0 Å². The molecule has 1 heterocycles. The van der Waals surface area contributed by atoms with E-state index in [4.69, 9.17) is 5.26 Å². The summed E-state index contributed by atoms with van der Waals surface area (Å²) in [7, 11) is 3.86. The lowest BCUT2D eigenvalue weighted by molar-refractivity contribution is 1.05. The molecule has 0 saturated heterocycles. The molecule has 0 aliphatic carbocycles. The second-order valence-electron chi connectivity index (χ2n) is 2.87. The molecule has 0 amide bonds. The number of nitriles is 1. The molecule has 0 aliphatic rings. The Labute approximate surface area is 72.3 Å². The molecule has 0 atom stereocenters. The first-order valence-corrected chi connectivity index (χ1v) is 3.69. The van der Waals surface area contributed by atoms with Crippen molar-refractivity contribution in [3.8, 4) is 6.07 Å². The minimum absolute atomic E-state index is 0.609. The maximum absolute atomic E-state index is 8.59. The Bertz CT molecular complexity index is 323. The quantitative estimate of drug-likeness (QED) is 0.623. The van der Waals surface area contributed by atoms with E-state index in [0.29, 0.717) is 5.56 Å². The molecule has 0 radical (unpaired) electrons. The largest absolute Gasteiger partial charge is 0.363 e. The Morgan fingerprint density at radius 1 is 1.50 bits per heavy atom. The van der Waals surface area contributed by atoms with Gasteiger partial charge in [0.1, 0.15) is 11.9 Å². The standard InChI is InChI=1S/C9H11N3/c1-7-4-8(5-10)6-11-9(7)12(2)3/h4,6H,1-3H3. The summed E-state index contributed by atoms with van der Waals surface area (Å²) in [5, 5.41) is 8.59. The molecule has 0 unspecified atom stereocenters.